The lowest BCUT2D eigenvalue weighted by Crippen LogP contribution is -2.12. The van der Waals surface area contributed by atoms with Crippen LogP contribution in [-0.2, 0) is 13.1 Å². The largest absolute Gasteiger partial charge is 0.329 e. The summed E-state index contributed by atoms with van der Waals surface area (Å²) in [4.78, 5) is 5.53. The second-order valence-electron chi connectivity index (χ2n) is 3.21. The molecule has 0 spiro atoms. The number of hydrogen-bond acceptors (Lipinski definition) is 3. The monoisotopic (exact) mass is 241 g/mol. The Morgan fingerprint density at radius 3 is 3.07 bits per heavy atom. The Morgan fingerprint density at radius 2 is 2.40 bits per heavy atom. The highest BCUT2D eigenvalue weighted by molar-refractivity contribution is 7.16. The second-order valence-corrected chi connectivity index (χ2v) is 5.01. The molecule has 0 fully saturated rings. The van der Waals surface area contributed by atoms with Crippen molar-refractivity contribution in [2.24, 2.45) is 0 Å². The van der Waals surface area contributed by atoms with Crippen LogP contribution in [0, 0.1) is 0 Å². The zero-order valence-corrected chi connectivity index (χ0v) is 9.98. The fraction of sp³-hybridized carbons (Fsp3) is 0.300. The van der Waals surface area contributed by atoms with E-state index in [4.69, 9.17) is 11.6 Å². The maximum absolute atomic E-state index is 5.88. The quantitative estimate of drug-likeness (QED) is 0.891. The van der Waals surface area contributed by atoms with E-state index in [1.165, 1.54) is 4.88 Å². The van der Waals surface area contributed by atoms with Gasteiger partial charge in [-0.1, -0.05) is 11.6 Å². The number of halogens is 1. The Bertz CT molecular complexity index is 435. The van der Waals surface area contributed by atoms with Gasteiger partial charge in [-0.05, 0) is 19.2 Å². The van der Waals surface area contributed by atoms with Gasteiger partial charge >= 0.3 is 0 Å². The van der Waals surface area contributed by atoms with Crippen molar-refractivity contribution < 1.29 is 0 Å². The third-order valence-corrected chi connectivity index (χ3v) is 3.31. The van der Waals surface area contributed by atoms with Crippen molar-refractivity contribution in [3.05, 3.63) is 39.6 Å². The van der Waals surface area contributed by atoms with Crippen LogP contribution in [0.4, 0.5) is 0 Å². The first-order valence-electron chi connectivity index (χ1n) is 4.68. The molecule has 2 aromatic rings. The van der Waals surface area contributed by atoms with Crippen molar-refractivity contribution in [2.45, 2.75) is 13.1 Å². The van der Waals surface area contributed by atoms with E-state index < -0.39 is 0 Å². The number of thiophene rings is 1. The van der Waals surface area contributed by atoms with Crippen molar-refractivity contribution >= 4 is 22.9 Å². The Hall–Kier alpha value is -0.840. The normalized spacial score (nSPS) is 10.8. The van der Waals surface area contributed by atoms with Gasteiger partial charge in [0.15, 0.2) is 0 Å². The van der Waals surface area contributed by atoms with Crippen LogP contribution < -0.4 is 5.32 Å². The lowest BCUT2D eigenvalue weighted by molar-refractivity contribution is 0.677. The molecule has 0 atom stereocenters. The third kappa shape index (κ3) is 2.59. The van der Waals surface area contributed by atoms with Gasteiger partial charge in [0.2, 0.25) is 0 Å². The number of rotatable bonds is 4. The molecular weight excluding hydrogens is 230 g/mol. The summed E-state index contributed by atoms with van der Waals surface area (Å²) in [5.41, 5.74) is 0. The van der Waals surface area contributed by atoms with Gasteiger partial charge in [0.05, 0.1) is 17.4 Å². The lowest BCUT2D eigenvalue weighted by Gasteiger charge is -2.05. The van der Waals surface area contributed by atoms with Gasteiger partial charge in [0.1, 0.15) is 5.82 Å². The predicted octanol–water partition coefficient (Wildman–Crippen LogP) is 2.37. The molecule has 80 valence electrons. The van der Waals surface area contributed by atoms with E-state index in [0.717, 1.165) is 23.3 Å². The second kappa shape index (κ2) is 4.79. The predicted molar refractivity (Wildman–Crippen MR) is 63.4 cm³/mol. The zero-order valence-electron chi connectivity index (χ0n) is 8.40. The van der Waals surface area contributed by atoms with Crippen LogP contribution >= 0.6 is 22.9 Å². The van der Waals surface area contributed by atoms with Gasteiger partial charge < -0.3 is 9.88 Å². The number of nitrogens with one attached hydrogen (secondary N) is 1. The van der Waals surface area contributed by atoms with E-state index in [-0.39, 0.29) is 0 Å². The minimum absolute atomic E-state index is 0.784. The summed E-state index contributed by atoms with van der Waals surface area (Å²) in [6, 6.07) is 3.98. The molecule has 0 aliphatic heterocycles. The standard InChI is InChI=1S/C10H12ClN3S/c1-12-6-10-13-4-5-14(10)7-8-2-3-9(11)15-8/h2-5,12H,6-7H2,1H3. The van der Waals surface area contributed by atoms with E-state index in [0.29, 0.717) is 0 Å². The van der Waals surface area contributed by atoms with Gasteiger partial charge in [-0.3, -0.25) is 0 Å². The smallest absolute Gasteiger partial charge is 0.122 e. The molecule has 0 unspecified atom stereocenters. The fourth-order valence-electron chi connectivity index (χ4n) is 1.41. The van der Waals surface area contributed by atoms with Crippen LogP contribution in [0.25, 0.3) is 0 Å². The first-order chi connectivity index (χ1) is 7.29. The highest BCUT2D eigenvalue weighted by Gasteiger charge is 2.04. The minimum Gasteiger partial charge on any atom is -0.329 e. The number of aromatic nitrogens is 2. The first-order valence-corrected chi connectivity index (χ1v) is 5.88. The molecule has 5 heteroatoms. The van der Waals surface area contributed by atoms with Crippen molar-refractivity contribution in [2.75, 3.05) is 7.05 Å². The molecule has 0 amide bonds. The molecule has 0 saturated heterocycles. The highest BCUT2D eigenvalue weighted by atomic mass is 35.5. The summed E-state index contributed by atoms with van der Waals surface area (Å²) in [6.07, 6.45) is 3.81. The van der Waals surface area contributed by atoms with Crippen LogP contribution in [0.2, 0.25) is 4.34 Å². The van der Waals surface area contributed by atoms with Crippen LogP contribution in [0.15, 0.2) is 24.5 Å². The van der Waals surface area contributed by atoms with Crippen molar-refractivity contribution in [1.82, 2.24) is 14.9 Å². The molecule has 3 nitrogen and oxygen atoms in total. The topological polar surface area (TPSA) is 29.9 Å². The molecule has 1 N–H and O–H groups in total. The maximum Gasteiger partial charge on any atom is 0.122 e. The average Bonchev–Trinajstić information content (AvgIpc) is 2.78. The molecule has 0 aromatic carbocycles. The van der Waals surface area contributed by atoms with Gasteiger partial charge in [-0.25, -0.2) is 4.98 Å². The summed E-state index contributed by atoms with van der Waals surface area (Å²) in [5.74, 6) is 1.04. The van der Waals surface area contributed by atoms with Gasteiger partial charge in [0, 0.05) is 17.3 Å². The SMILES string of the molecule is CNCc1nccn1Cc1ccc(Cl)s1. The van der Waals surface area contributed by atoms with E-state index in [1.807, 2.05) is 25.5 Å². The number of hydrogen-bond donors (Lipinski definition) is 1. The van der Waals surface area contributed by atoms with Crippen LogP contribution in [0.3, 0.4) is 0 Å². The summed E-state index contributed by atoms with van der Waals surface area (Å²) in [6.45, 7) is 1.63. The van der Waals surface area contributed by atoms with Crippen molar-refractivity contribution in [3.63, 3.8) is 0 Å². The van der Waals surface area contributed by atoms with E-state index in [9.17, 15) is 0 Å². The average molecular weight is 242 g/mol. The first kappa shape index (κ1) is 10.7. The summed E-state index contributed by atoms with van der Waals surface area (Å²) < 4.78 is 2.96. The summed E-state index contributed by atoms with van der Waals surface area (Å²) in [5, 5.41) is 3.10. The Kier molecular flexibility index (Phi) is 3.41. The van der Waals surface area contributed by atoms with Crippen molar-refractivity contribution in [1.29, 1.82) is 0 Å². The molecule has 0 saturated carbocycles. The molecule has 2 rings (SSSR count). The Labute approximate surface area is 97.7 Å². The minimum atomic E-state index is 0.784. The molecule has 0 radical (unpaired) electrons. The third-order valence-electron chi connectivity index (χ3n) is 2.09. The zero-order chi connectivity index (χ0) is 10.7. The molecule has 0 bridgehead atoms. The lowest BCUT2D eigenvalue weighted by atomic mass is 10.4. The molecule has 2 heterocycles. The Morgan fingerprint density at radius 1 is 1.53 bits per heavy atom. The highest BCUT2D eigenvalue weighted by Crippen LogP contribution is 2.22. The van der Waals surface area contributed by atoms with Gasteiger partial charge in [-0.2, -0.15) is 0 Å². The van der Waals surface area contributed by atoms with Crippen LogP contribution in [-0.4, -0.2) is 16.6 Å². The number of nitrogens with zero attached hydrogens (tertiary/aromatic N) is 2. The Balaban J connectivity index is 2.13. The molecule has 15 heavy (non-hydrogen) atoms. The summed E-state index contributed by atoms with van der Waals surface area (Å²) >= 11 is 7.49. The van der Waals surface area contributed by atoms with Gasteiger partial charge in [-0.15, -0.1) is 11.3 Å². The number of imidazole rings is 1. The van der Waals surface area contributed by atoms with Gasteiger partial charge in [0.25, 0.3) is 0 Å². The van der Waals surface area contributed by atoms with E-state index in [2.05, 4.69) is 20.9 Å². The summed E-state index contributed by atoms with van der Waals surface area (Å²) in [7, 11) is 1.92. The van der Waals surface area contributed by atoms with Crippen molar-refractivity contribution in [3.8, 4) is 0 Å². The fourth-order valence-corrected chi connectivity index (χ4v) is 2.50. The molecular formula is C10H12ClN3S. The van der Waals surface area contributed by atoms with Crippen LogP contribution in [0.5, 0.6) is 0 Å². The maximum atomic E-state index is 5.88. The van der Waals surface area contributed by atoms with E-state index in [1.54, 1.807) is 11.3 Å². The molecule has 0 aliphatic rings. The van der Waals surface area contributed by atoms with E-state index >= 15 is 0 Å². The molecule has 2 aromatic heterocycles. The molecule has 0 aliphatic carbocycles. The van der Waals surface area contributed by atoms with Crippen LogP contribution in [0.1, 0.15) is 10.7 Å².